The van der Waals surface area contributed by atoms with Crippen LogP contribution in [0.3, 0.4) is 0 Å². The molecule has 0 unspecified atom stereocenters. The summed E-state index contributed by atoms with van der Waals surface area (Å²) in [4.78, 5) is 10.9. The van der Waals surface area contributed by atoms with E-state index in [0.29, 0.717) is 0 Å². The maximum Gasteiger partial charge on any atom is 0.265 e. The van der Waals surface area contributed by atoms with Crippen molar-refractivity contribution in [3.63, 3.8) is 0 Å². The van der Waals surface area contributed by atoms with Crippen LogP contribution in [-0.2, 0) is 0 Å². The Labute approximate surface area is 73.5 Å². The third-order valence-corrected chi connectivity index (χ3v) is 1.53. The van der Waals surface area contributed by atoms with E-state index in [1.807, 2.05) is 5.43 Å². The van der Waals surface area contributed by atoms with E-state index >= 15 is 0 Å². The van der Waals surface area contributed by atoms with E-state index in [1.54, 1.807) is 0 Å². The molecule has 0 heterocycles. The Hall–Kier alpha value is -1.49. The summed E-state index contributed by atoms with van der Waals surface area (Å²) in [5.74, 6) is 4.26. The quantitative estimate of drug-likeness (QED) is 0.414. The van der Waals surface area contributed by atoms with Gasteiger partial charge in [-0.1, -0.05) is 12.1 Å². The van der Waals surface area contributed by atoms with Crippen molar-refractivity contribution in [1.29, 1.82) is 0 Å². The zero-order valence-electron chi connectivity index (χ0n) is 6.63. The predicted octanol–water partition coefficient (Wildman–Crippen LogP) is 1.23. The van der Waals surface area contributed by atoms with Gasteiger partial charge in [0, 0.05) is 11.1 Å². The van der Waals surface area contributed by atoms with E-state index in [-0.39, 0.29) is 11.1 Å². The Kier molecular flexibility index (Phi) is 2.92. The predicted molar refractivity (Wildman–Crippen MR) is 43.1 cm³/mol. The molecule has 0 aliphatic rings. The fourth-order valence-corrected chi connectivity index (χ4v) is 0.899. The highest BCUT2D eigenvalue weighted by Crippen LogP contribution is 2.19. The Morgan fingerprint density at radius 3 is 2.69 bits per heavy atom. The van der Waals surface area contributed by atoms with Crippen LogP contribution in [0.4, 0.5) is 8.78 Å². The third kappa shape index (κ3) is 2.22. The van der Waals surface area contributed by atoms with Gasteiger partial charge >= 0.3 is 0 Å². The minimum atomic E-state index is -2.58. The van der Waals surface area contributed by atoms with Gasteiger partial charge < -0.3 is 0 Å². The molecule has 0 aliphatic carbocycles. The lowest BCUT2D eigenvalue weighted by Gasteiger charge is -2.02. The normalized spacial score (nSPS) is 10.2. The SMILES string of the molecule is NNC(=O)c1cccc(C(F)F)c1. The fourth-order valence-electron chi connectivity index (χ4n) is 0.899. The lowest BCUT2D eigenvalue weighted by atomic mass is 10.1. The van der Waals surface area contributed by atoms with E-state index in [0.717, 1.165) is 6.07 Å². The molecule has 3 nitrogen and oxygen atoms in total. The molecule has 70 valence electrons. The number of carbonyl (C=O) groups is 1. The smallest absolute Gasteiger partial charge is 0.265 e. The Morgan fingerprint density at radius 2 is 2.15 bits per heavy atom. The number of carbonyl (C=O) groups excluding carboxylic acids is 1. The van der Waals surface area contributed by atoms with E-state index in [2.05, 4.69) is 0 Å². The van der Waals surface area contributed by atoms with Crippen LogP contribution in [0.1, 0.15) is 22.3 Å². The second kappa shape index (κ2) is 3.95. The van der Waals surface area contributed by atoms with Crippen LogP contribution in [0.5, 0.6) is 0 Å². The topological polar surface area (TPSA) is 55.1 Å². The first-order valence-corrected chi connectivity index (χ1v) is 3.54. The summed E-state index contributed by atoms with van der Waals surface area (Å²) in [5, 5.41) is 0. The van der Waals surface area contributed by atoms with Crippen LogP contribution in [0.25, 0.3) is 0 Å². The van der Waals surface area contributed by atoms with Crippen molar-refractivity contribution >= 4 is 5.91 Å². The first kappa shape index (κ1) is 9.60. The molecule has 1 rings (SSSR count). The van der Waals surface area contributed by atoms with Crippen molar-refractivity contribution < 1.29 is 13.6 Å². The van der Waals surface area contributed by atoms with E-state index in [9.17, 15) is 13.6 Å². The van der Waals surface area contributed by atoms with Gasteiger partial charge in [0.15, 0.2) is 0 Å². The van der Waals surface area contributed by atoms with Gasteiger partial charge in [-0.05, 0) is 12.1 Å². The summed E-state index contributed by atoms with van der Waals surface area (Å²) in [6.07, 6.45) is -2.58. The molecule has 13 heavy (non-hydrogen) atoms. The van der Waals surface area contributed by atoms with Crippen LogP contribution in [0, 0.1) is 0 Å². The average molecular weight is 186 g/mol. The van der Waals surface area contributed by atoms with Gasteiger partial charge in [0.05, 0.1) is 0 Å². The number of amides is 1. The summed E-state index contributed by atoms with van der Waals surface area (Å²) >= 11 is 0. The molecule has 0 spiro atoms. The standard InChI is InChI=1S/C8H8F2N2O/c9-7(10)5-2-1-3-6(4-5)8(13)12-11/h1-4,7H,11H2,(H,12,13). The van der Waals surface area contributed by atoms with Crippen LogP contribution in [0.2, 0.25) is 0 Å². The van der Waals surface area contributed by atoms with Crippen LogP contribution in [0.15, 0.2) is 24.3 Å². The second-order valence-corrected chi connectivity index (χ2v) is 2.40. The van der Waals surface area contributed by atoms with Crippen molar-refractivity contribution in [3.8, 4) is 0 Å². The van der Waals surface area contributed by atoms with Gasteiger partial charge in [-0.15, -0.1) is 0 Å². The maximum atomic E-state index is 12.2. The van der Waals surface area contributed by atoms with Gasteiger partial charge in [-0.3, -0.25) is 10.2 Å². The summed E-state index contributed by atoms with van der Waals surface area (Å²) < 4.78 is 24.3. The highest BCUT2D eigenvalue weighted by Gasteiger charge is 2.09. The highest BCUT2D eigenvalue weighted by molar-refractivity contribution is 5.93. The molecule has 0 radical (unpaired) electrons. The summed E-state index contributed by atoms with van der Waals surface area (Å²) in [5.41, 5.74) is 1.80. The van der Waals surface area contributed by atoms with Crippen LogP contribution in [-0.4, -0.2) is 5.91 Å². The largest absolute Gasteiger partial charge is 0.290 e. The molecule has 0 saturated carbocycles. The summed E-state index contributed by atoms with van der Waals surface area (Å²) in [6, 6.07) is 5.14. The van der Waals surface area contributed by atoms with E-state index in [4.69, 9.17) is 5.84 Å². The molecule has 1 amide bonds. The number of hydrogen-bond acceptors (Lipinski definition) is 2. The molecule has 3 N–H and O–H groups in total. The Bertz CT molecular complexity index is 315. The molecule has 1 aromatic carbocycles. The Morgan fingerprint density at radius 1 is 1.46 bits per heavy atom. The molecule has 0 fully saturated rings. The molecule has 0 saturated heterocycles. The summed E-state index contributed by atoms with van der Waals surface area (Å²) in [6.45, 7) is 0. The number of hydrazine groups is 1. The van der Waals surface area contributed by atoms with Gasteiger partial charge in [0.1, 0.15) is 0 Å². The first-order valence-electron chi connectivity index (χ1n) is 3.54. The molecule has 1 aromatic rings. The van der Waals surface area contributed by atoms with Crippen LogP contribution >= 0.6 is 0 Å². The number of alkyl halides is 2. The molecular formula is C8H8F2N2O. The minimum absolute atomic E-state index is 0.125. The van der Waals surface area contributed by atoms with Gasteiger partial charge in [0.25, 0.3) is 12.3 Å². The number of rotatable bonds is 2. The lowest BCUT2D eigenvalue weighted by molar-refractivity contribution is 0.0953. The van der Waals surface area contributed by atoms with Gasteiger partial charge in [0.2, 0.25) is 0 Å². The van der Waals surface area contributed by atoms with Crippen molar-refractivity contribution in [2.45, 2.75) is 6.43 Å². The lowest BCUT2D eigenvalue weighted by Crippen LogP contribution is -2.29. The number of nitrogen functional groups attached to an aromatic ring is 1. The third-order valence-electron chi connectivity index (χ3n) is 1.53. The maximum absolute atomic E-state index is 12.2. The highest BCUT2D eigenvalue weighted by atomic mass is 19.3. The molecule has 0 atom stereocenters. The monoisotopic (exact) mass is 186 g/mol. The molecular weight excluding hydrogens is 178 g/mol. The molecule has 5 heteroatoms. The Balaban J connectivity index is 2.98. The van der Waals surface area contributed by atoms with Gasteiger partial charge in [-0.25, -0.2) is 14.6 Å². The number of benzene rings is 1. The van der Waals surface area contributed by atoms with E-state index in [1.165, 1.54) is 18.2 Å². The molecule has 0 aliphatic heterocycles. The minimum Gasteiger partial charge on any atom is -0.290 e. The van der Waals surface area contributed by atoms with E-state index < -0.39 is 12.3 Å². The number of hydrogen-bond donors (Lipinski definition) is 2. The zero-order valence-corrected chi connectivity index (χ0v) is 6.63. The first-order chi connectivity index (χ1) is 6.15. The number of halogens is 2. The van der Waals surface area contributed by atoms with Crippen molar-refractivity contribution in [1.82, 2.24) is 5.43 Å². The van der Waals surface area contributed by atoms with Gasteiger partial charge in [-0.2, -0.15) is 0 Å². The molecule has 0 aromatic heterocycles. The number of nitrogens with two attached hydrogens (primary N) is 1. The fraction of sp³-hybridized carbons (Fsp3) is 0.125. The van der Waals surface area contributed by atoms with Crippen molar-refractivity contribution in [2.24, 2.45) is 5.84 Å². The summed E-state index contributed by atoms with van der Waals surface area (Å²) in [7, 11) is 0. The zero-order chi connectivity index (χ0) is 9.84. The van der Waals surface area contributed by atoms with Crippen molar-refractivity contribution in [3.05, 3.63) is 35.4 Å². The van der Waals surface area contributed by atoms with Crippen molar-refractivity contribution in [2.75, 3.05) is 0 Å². The second-order valence-electron chi connectivity index (χ2n) is 2.40. The van der Waals surface area contributed by atoms with Crippen LogP contribution < -0.4 is 11.3 Å². The molecule has 0 bridgehead atoms. The average Bonchev–Trinajstić information content (AvgIpc) is 2.17. The number of nitrogens with one attached hydrogen (secondary N) is 1.